The summed E-state index contributed by atoms with van der Waals surface area (Å²) in [4.78, 5) is 20.9. The molecule has 7 heteroatoms. The molecule has 2 N–H and O–H groups in total. The van der Waals surface area contributed by atoms with E-state index in [9.17, 15) is 25.1 Å². The topological polar surface area (TPSA) is 124 Å². The van der Waals surface area contributed by atoms with Gasteiger partial charge in [0.15, 0.2) is 6.29 Å². The first-order valence-corrected chi connectivity index (χ1v) is 5.02. The zero-order valence-corrected chi connectivity index (χ0v) is 9.32. The molecule has 0 aliphatic heterocycles. The van der Waals surface area contributed by atoms with Gasteiger partial charge in [0.2, 0.25) is 0 Å². The number of nitrogens with zero attached hydrogens (tertiary/aromatic N) is 2. The van der Waals surface area contributed by atoms with Crippen LogP contribution in [0.3, 0.4) is 0 Å². The number of hydrogen-bond donors (Lipinski definition) is 2. The van der Waals surface area contributed by atoms with Gasteiger partial charge < -0.3 is 10.2 Å². The second kappa shape index (κ2) is 4.27. The van der Waals surface area contributed by atoms with Crippen molar-refractivity contribution in [1.82, 2.24) is 0 Å². The van der Waals surface area contributed by atoms with Gasteiger partial charge in [-0.2, -0.15) is 5.26 Å². The molecular weight excluding hydrogens is 252 g/mol. The monoisotopic (exact) mass is 258 g/mol. The zero-order valence-electron chi connectivity index (χ0n) is 9.32. The molecule has 0 bridgehead atoms. The normalized spacial score (nSPS) is 10.1. The second-order valence-corrected chi connectivity index (χ2v) is 3.74. The summed E-state index contributed by atoms with van der Waals surface area (Å²) < 4.78 is 0. The molecule has 0 spiro atoms. The Morgan fingerprint density at radius 3 is 2.53 bits per heavy atom. The number of hydrogen-bond acceptors (Lipinski definition) is 6. The minimum Gasteiger partial charge on any atom is -0.507 e. The van der Waals surface area contributed by atoms with Crippen molar-refractivity contribution in [3.8, 4) is 17.6 Å². The van der Waals surface area contributed by atoms with E-state index in [4.69, 9.17) is 5.26 Å². The van der Waals surface area contributed by atoms with Crippen molar-refractivity contribution in [2.24, 2.45) is 0 Å². The first-order valence-electron chi connectivity index (χ1n) is 5.02. The van der Waals surface area contributed by atoms with Gasteiger partial charge in [-0.25, -0.2) is 0 Å². The number of benzene rings is 2. The van der Waals surface area contributed by atoms with Crippen LogP contribution in [0.5, 0.6) is 11.5 Å². The van der Waals surface area contributed by atoms with Crippen molar-refractivity contribution in [2.75, 3.05) is 0 Å². The fraction of sp³-hybridized carbons (Fsp3) is 0. The molecule has 0 aliphatic rings. The average Bonchev–Trinajstić information content (AvgIpc) is 2.39. The van der Waals surface area contributed by atoms with E-state index in [1.165, 1.54) is 0 Å². The maximum Gasteiger partial charge on any atom is 0.273 e. The molecule has 94 valence electrons. The van der Waals surface area contributed by atoms with Crippen molar-refractivity contribution < 1.29 is 19.9 Å². The Hall–Kier alpha value is -3.14. The van der Waals surface area contributed by atoms with Gasteiger partial charge in [0.25, 0.3) is 5.69 Å². The maximum atomic E-state index is 10.9. The van der Waals surface area contributed by atoms with E-state index >= 15 is 0 Å². The van der Waals surface area contributed by atoms with Crippen LogP contribution in [0.1, 0.15) is 15.9 Å². The maximum absolute atomic E-state index is 10.9. The highest BCUT2D eigenvalue weighted by Crippen LogP contribution is 2.38. The van der Waals surface area contributed by atoms with Gasteiger partial charge >= 0.3 is 0 Å². The minimum absolute atomic E-state index is 0.0305. The number of fused-ring (bicyclic) bond motifs is 1. The smallest absolute Gasteiger partial charge is 0.273 e. The quantitative estimate of drug-likeness (QED) is 0.481. The molecule has 0 atom stereocenters. The van der Waals surface area contributed by atoms with Crippen molar-refractivity contribution >= 4 is 22.7 Å². The van der Waals surface area contributed by atoms with E-state index in [0.717, 1.165) is 18.2 Å². The predicted octanol–water partition coefficient (Wildman–Crippen LogP) is 1.84. The number of phenols is 2. The number of carbonyl (C=O) groups excluding carboxylic acids is 1. The molecule has 0 heterocycles. The lowest BCUT2D eigenvalue weighted by atomic mass is 9.99. The summed E-state index contributed by atoms with van der Waals surface area (Å²) in [5, 5.41) is 38.9. The molecule has 0 aliphatic carbocycles. The molecule has 0 unspecified atom stereocenters. The summed E-state index contributed by atoms with van der Waals surface area (Å²) in [6.07, 6.45) is 0.397. The Bertz CT molecular complexity index is 761. The van der Waals surface area contributed by atoms with Crippen LogP contribution in [0.15, 0.2) is 18.2 Å². The fourth-order valence-electron chi connectivity index (χ4n) is 1.83. The minimum atomic E-state index is -0.752. The van der Waals surface area contributed by atoms with Crippen LogP contribution < -0.4 is 0 Å². The number of nitro benzene ring substituents is 1. The summed E-state index contributed by atoms with van der Waals surface area (Å²) in [6.45, 7) is 0. The Morgan fingerprint density at radius 2 is 2.00 bits per heavy atom. The van der Waals surface area contributed by atoms with Gasteiger partial charge in [-0.15, -0.1) is 0 Å². The number of nitriles is 1. The molecule has 2 aromatic carbocycles. The molecule has 7 nitrogen and oxygen atoms in total. The average molecular weight is 258 g/mol. The Labute approximate surface area is 106 Å². The molecule has 0 saturated heterocycles. The molecule has 0 fully saturated rings. The molecule has 2 aromatic rings. The predicted molar refractivity (Wildman–Crippen MR) is 64.0 cm³/mol. The fourth-order valence-corrected chi connectivity index (χ4v) is 1.83. The van der Waals surface area contributed by atoms with Gasteiger partial charge in [0.1, 0.15) is 17.6 Å². The molecular formula is C12H6N2O5. The van der Waals surface area contributed by atoms with E-state index in [1.807, 2.05) is 0 Å². The summed E-state index contributed by atoms with van der Waals surface area (Å²) in [5.41, 5.74) is -0.682. The highest BCUT2D eigenvalue weighted by molar-refractivity contribution is 6.06. The molecule has 0 radical (unpaired) electrons. The third-order valence-electron chi connectivity index (χ3n) is 2.66. The van der Waals surface area contributed by atoms with E-state index in [0.29, 0.717) is 6.29 Å². The molecule has 19 heavy (non-hydrogen) atoms. The summed E-state index contributed by atoms with van der Waals surface area (Å²) in [5.74, 6) is -1.02. The number of non-ortho nitro benzene ring substituents is 1. The first-order chi connectivity index (χ1) is 8.99. The highest BCUT2D eigenvalue weighted by Gasteiger charge is 2.19. The number of carbonyl (C=O) groups is 1. The van der Waals surface area contributed by atoms with E-state index in [1.54, 1.807) is 6.07 Å². The lowest BCUT2D eigenvalue weighted by Gasteiger charge is -2.07. The van der Waals surface area contributed by atoms with Crippen molar-refractivity contribution in [2.45, 2.75) is 0 Å². The Morgan fingerprint density at radius 1 is 1.32 bits per heavy atom. The van der Waals surface area contributed by atoms with Crippen LogP contribution in [0.4, 0.5) is 5.69 Å². The van der Waals surface area contributed by atoms with Crippen molar-refractivity contribution in [1.29, 1.82) is 5.26 Å². The number of rotatable bonds is 2. The van der Waals surface area contributed by atoms with Gasteiger partial charge in [0, 0.05) is 22.4 Å². The Balaban J connectivity index is 3.02. The molecule has 0 aromatic heterocycles. The van der Waals surface area contributed by atoms with Crippen LogP contribution in [0.2, 0.25) is 0 Å². The van der Waals surface area contributed by atoms with Crippen LogP contribution in [-0.2, 0) is 0 Å². The van der Waals surface area contributed by atoms with Gasteiger partial charge in [0.05, 0.1) is 16.6 Å². The van der Waals surface area contributed by atoms with Crippen LogP contribution in [0, 0.1) is 21.4 Å². The van der Waals surface area contributed by atoms with Gasteiger partial charge in [-0.3, -0.25) is 14.9 Å². The third-order valence-corrected chi connectivity index (χ3v) is 2.66. The van der Waals surface area contributed by atoms with Gasteiger partial charge in [-0.05, 0) is 6.07 Å². The molecule has 0 saturated carbocycles. The van der Waals surface area contributed by atoms with Crippen LogP contribution >= 0.6 is 0 Å². The summed E-state index contributed by atoms with van der Waals surface area (Å²) in [7, 11) is 0. The number of phenolic OH excluding ortho intramolecular Hbond substituents is 2. The van der Waals surface area contributed by atoms with Crippen molar-refractivity contribution in [3.63, 3.8) is 0 Å². The van der Waals surface area contributed by atoms with Crippen LogP contribution in [-0.4, -0.2) is 21.4 Å². The van der Waals surface area contributed by atoms with E-state index in [2.05, 4.69) is 0 Å². The second-order valence-electron chi connectivity index (χ2n) is 3.74. The number of nitro groups is 1. The van der Waals surface area contributed by atoms with E-state index in [-0.39, 0.29) is 21.9 Å². The largest absolute Gasteiger partial charge is 0.507 e. The Kier molecular flexibility index (Phi) is 2.77. The summed E-state index contributed by atoms with van der Waals surface area (Å²) in [6, 6.07) is 4.65. The summed E-state index contributed by atoms with van der Waals surface area (Å²) >= 11 is 0. The number of aldehydes is 1. The van der Waals surface area contributed by atoms with E-state index < -0.39 is 22.1 Å². The van der Waals surface area contributed by atoms with Crippen LogP contribution in [0.25, 0.3) is 10.8 Å². The lowest BCUT2D eigenvalue weighted by molar-refractivity contribution is -0.384. The van der Waals surface area contributed by atoms with Crippen molar-refractivity contribution in [3.05, 3.63) is 39.4 Å². The molecule has 2 rings (SSSR count). The number of aromatic hydroxyl groups is 2. The standard InChI is InChI=1S/C12H6N2O5/c13-4-6-1-7(5-15)11-9(12(6)17)2-8(14(18)19)3-10(11)16/h1-3,5,16-17H. The third kappa shape index (κ3) is 1.81. The highest BCUT2D eigenvalue weighted by atomic mass is 16.6. The SMILES string of the molecule is N#Cc1cc(C=O)c2c(O)cc([N+](=O)[O-])cc2c1O. The first kappa shape index (κ1) is 12.3. The lowest BCUT2D eigenvalue weighted by Crippen LogP contribution is -1.92. The molecule has 0 amide bonds. The zero-order chi connectivity index (χ0) is 14.2. The van der Waals surface area contributed by atoms with Gasteiger partial charge in [-0.1, -0.05) is 0 Å².